The van der Waals surface area contributed by atoms with Crippen LogP contribution in [0.1, 0.15) is 13.8 Å². The van der Waals surface area contributed by atoms with Gasteiger partial charge in [-0.25, -0.2) is 0 Å². The van der Waals surface area contributed by atoms with E-state index >= 15 is 0 Å². The summed E-state index contributed by atoms with van der Waals surface area (Å²) >= 11 is 0. The monoisotopic (exact) mass is 290 g/mol. The molecule has 0 saturated heterocycles. The molecule has 0 radical (unpaired) electrons. The number of benzene rings is 1. The summed E-state index contributed by atoms with van der Waals surface area (Å²) in [6, 6.07) is 8.36. The Balaban J connectivity index is 0.000000555. The summed E-state index contributed by atoms with van der Waals surface area (Å²) in [4.78, 5) is 28.5. The van der Waals surface area contributed by atoms with Crippen LogP contribution in [0.5, 0.6) is 5.75 Å². The number of methoxy groups -OCH3 is 1. The fourth-order valence-corrected chi connectivity index (χ4v) is 1.61. The highest BCUT2D eigenvalue weighted by molar-refractivity contribution is 7.57. The maximum Gasteiger partial charge on any atom is 0.541 e. The van der Waals surface area contributed by atoms with Crippen molar-refractivity contribution >= 4 is 14.4 Å². The van der Waals surface area contributed by atoms with E-state index in [2.05, 4.69) is 5.09 Å². The standard InChI is InChI=1S/C8H11NO4P.C4H10O/c10-7-6-9-14(11,12)13-8-4-2-1-3-5-8;1-4(2)5-3/h1-5,7,9,11-12H,6H2;4H,1-3H3/q+1;. The van der Waals surface area contributed by atoms with Crippen LogP contribution in [0.2, 0.25) is 0 Å². The number of nitrogens with one attached hydrogen (secondary N) is 1. The lowest BCUT2D eigenvalue weighted by atomic mass is 10.3. The molecule has 0 atom stereocenters. The van der Waals surface area contributed by atoms with Crippen LogP contribution in [0.25, 0.3) is 0 Å². The summed E-state index contributed by atoms with van der Waals surface area (Å²) in [6.07, 6.45) is 0.908. The van der Waals surface area contributed by atoms with Gasteiger partial charge in [-0.05, 0) is 26.0 Å². The number of hydrogen-bond acceptors (Lipinski definition) is 6. The Morgan fingerprint density at radius 3 is 2.26 bits per heavy atom. The highest BCUT2D eigenvalue weighted by atomic mass is 31.2. The molecule has 0 spiro atoms. The molecular formula is C12H21NO5P+. The Hall–Kier alpha value is -1.04. The highest BCUT2D eigenvalue weighted by Crippen LogP contribution is 2.45. The first-order chi connectivity index (χ1) is 8.91. The number of aldehydes is 1. The zero-order chi connectivity index (χ0) is 14.7. The second-order valence-electron chi connectivity index (χ2n) is 3.76. The van der Waals surface area contributed by atoms with Crippen LogP contribution in [-0.2, 0) is 9.53 Å². The minimum atomic E-state index is -3.66. The zero-order valence-corrected chi connectivity index (χ0v) is 12.2. The van der Waals surface area contributed by atoms with Gasteiger partial charge in [0.2, 0.25) is 0 Å². The van der Waals surface area contributed by atoms with E-state index in [-0.39, 0.29) is 6.54 Å². The van der Waals surface area contributed by atoms with Crippen molar-refractivity contribution in [2.75, 3.05) is 13.7 Å². The van der Waals surface area contributed by atoms with E-state index in [1.165, 1.54) is 0 Å². The van der Waals surface area contributed by atoms with E-state index in [0.717, 1.165) is 0 Å². The summed E-state index contributed by atoms with van der Waals surface area (Å²) in [6.45, 7) is 3.84. The van der Waals surface area contributed by atoms with Gasteiger partial charge in [-0.1, -0.05) is 18.2 Å². The van der Waals surface area contributed by atoms with Gasteiger partial charge >= 0.3 is 8.09 Å². The van der Waals surface area contributed by atoms with E-state index in [0.29, 0.717) is 18.1 Å². The van der Waals surface area contributed by atoms with Gasteiger partial charge in [0.05, 0.1) is 12.6 Å². The first-order valence-electron chi connectivity index (χ1n) is 5.72. The summed E-state index contributed by atoms with van der Waals surface area (Å²) in [5.74, 6) is 0.337. The molecule has 19 heavy (non-hydrogen) atoms. The SMILES string of the molecule is COC(C)C.O=CCN[P+](O)(O)Oc1ccccc1. The molecule has 1 aromatic carbocycles. The Morgan fingerprint density at radius 2 is 1.84 bits per heavy atom. The Morgan fingerprint density at radius 1 is 1.32 bits per heavy atom. The fraction of sp³-hybridized carbons (Fsp3) is 0.417. The van der Waals surface area contributed by atoms with Gasteiger partial charge in [-0.15, -0.1) is 5.09 Å². The molecule has 7 heteroatoms. The molecule has 0 saturated carbocycles. The van der Waals surface area contributed by atoms with Crippen molar-refractivity contribution < 1.29 is 23.8 Å². The summed E-state index contributed by atoms with van der Waals surface area (Å²) < 4.78 is 9.61. The molecule has 0 heterocycles. The molecule has 0 amide bonds. The molecule has 1 rings (SSSR count). The fourth-order valence-electron chi connectivity index (χ4n) is 0.817. The van der Waals surface area contributed by atoms with Crippen LogP contribution in [-0.4, -0.2) is 35.8 Å². The van der Waals surface area contributed by atoms with E-state index in [1.54, 1.807) is 37.4 Å². The minimum Gasteiger partial charge on any atom is -0.382 e. The number of carbonyl (C=O) groups is 1. The van der Waals surface area contributed by atoms with Gasteiger partial charge in [-0.2, -0.15) is 9.79 Å². The van der Waals surface area contributed by atoms with E-state index in [4.69, 9.17) is 9.26 Å². The van der Waals surface area contributed by atoms with Crippen molar-refractivity contribution in [3.8, 4) is 5.75 Å². The average molecular weight is 290 g/mol. The topological polar surface area (TPSA) is 88.0 Å². The molecule has 0 bridgehead atoms. The molecule has 6 nitrogen and oxygen atoms in total. The molecule has 0 aliphatic rings. The smallest absolute Gasteiger partial charge is 0.382 e. The Kier molecular flexibility index (Phi) is 9.30. The van der Waals surface area contributed by atoms with Crippen LogP contribution >= 0.6 is 8.09 Å². The summed E-state index contributed by atoms with van der Waals surface area (Å²) in [5.41, 5.74) is 0. The molecule has 108 valence electrons. The number of rotatable bonds is 6. The van der Waals surface area contributed by atoms with E-state index in [1.807, 2.05) is 13.8 Å². The van der Waals surface area contributed by atoms with E-state index < -0.39 is 8.09 Å². The van der Waals surface area contributed by atoms with Crippen molar-refractivity contribution in [3.63, 3.8) is 0 Å². The second kappa shape index (κ2) is 9.83. The maximum atomic E-state index is 9.98. The van der Waals surface area contributed by atoms with Gasteiger partial charge in [-0.3, -0.25) is 4.52 Å². The van der Waals surface area contributed by atoms with Crippen LogP contribution < -0.4 is 9.61 Å². The minimum absolute atomic E-state index is 0.159. The summed E-state index contributed by atoms with van der Waals surface area (Å²) in [7, 11) is -1.96. The molecule has 3 N–H and O–H groups in total. The van der Waals surface area contributed by atoms with Crippen LogP contribution in [0.15, 0.2) is 30.3 Å². The maximum absolute atomic E-state index is 9.98. The predicted molar refractivity (Wildman–Crippen MR) is 74.6 cm³/mol. The average Bonchev–Trinajstić information content (AvgIpc) is 2.38. The molecular weight excluding hydrogens is 269 g/mol. The van der Waals surface area contributed by atoms with Crippen LogP contribution in [0.3, 0.4) is 0 Å². The molecule has 1 aromatic rings. The third kappa shape index (κ3) is 10.6. The van der Waals surface area contributed by atoms with Crippen molar-refractivity contribution in [2.24, 2.45) is 0 Å². The van der Waals surface area contributed by atoms with Crippen LogP contribution in [0.4, 0.5) is 0 Å². The molecule has 0 fully saturated rings. The number of ether oxygens (including phenoxy) is 1. The predicted octanol–water partition coefficient (Wildman–Crippen LogP) is 1.56. The van der Waals surface area contributed by atoms with Gasteiger partial charge < -0.3 is 9.53 Å². The third-order valence-electron chi connectivity index (χ3n) is 1.83. The molecule has 0 aliphatic heterocycles. The molecule has 0 aromatic heterocycles. The van der Waals surface area contributed by atoms with Gasteiger partial charge in [0.25, 0.3) is 0 Å². The number of carbonyl (C=O) groups excluding carboxylic acids is 1. The van der Waals surface area contributed by atoms with Crippen molar-refractivity contribution in [2.45, 2.75) is 20.0 Å². The number of para-hydroxylation sites is 1. The van der Waals surface area contributed by atoms with Crippen molar-refractivity contribution in [1.82, 2.24) is 5.09 Å². The quantitative estimate of drug-likeness (QED) is 0.544. The first kappa shape index (κ1) is 18.0. The lowest BCUT2D eigenvalue weighted by Crippen LogP contribution is -2.21. The molecule has 0 aliphatic carbocycles. The Bertz CT molecular complexity index is 345. The van der Waals surface area contributed by atoms with Crippen molar-refractivity contribution in [3.05, 3.63) is 30.3 Å². The lowest BCUT2D eigenvalue weighted by molar-refractivity contribution is -0.107. The summed E-state index contributed by atoms with van der Waals surface area (Å²) in [5, 5.41) is 2.19. The van der Waals surface area contributed by atoms with Gasteiger partial charge in [0.15, 0.2) is 5.75 Å². The second-order valence-corrected chi connectivity index (χ2v) is 5.35. The zero-order valence-electron chi connectivity index (χ0n) is 11.3. The molecule has 0 unspecified atom stereocenters. The largest absolute Gasteiger partial charge is 0.541 e. The Labute approximate surface area is 114 Å². The van der Waals surface area contributed by atoms with E-state index in [9.17, 15) is 14.6 Å². The van der Waals surface area contributed by atoms with Crippen LogP contribution in [0, 0.1) is 0 Å². The third-order valence-corrected chi connectivity index (χ3v) is 2.89. The van der Waals surface area contributed by atoms with Gasteiger partial charge in [0.1, 0.15) is 6.29 Å². The lowest BCUT2D eigenvalue weighted by Gasteiger charge is -2.09. The highest BCUT2D eigenvalue weighted by Gasteiger charge is 2.37. The first-order valence-corrected chi connectivity index (χ1v) is 7.33. The normalized spacial score (nSPS) is 10.6. The number of hydrogen-bond donors (Lipinski definition) is 3. The van der Waals surface area contributed by atoms with Crippen molar-refractivity contribution in [1.29, 1.82) is 0 Å². The van der Waals surface area contributed by atoms with Gasteiger partial charge in [0, 0.05) is 7.11 Å².